The van der Waals surface area contributed by atoms with Gasteiger partial charge < -0.3 is 10.6 Å². The maximum atomic E-state index is 12.3. The topological polar surface area (TPSA) is 58.2 Å². The number of carbonyl (C=O) groups excluding carboxylic acids is 2. The van der Waals surface area contributed by atoms with Crippen molar-refractivity contribution < 1.29 is 18.4 Å². The lowest BCUT2D eigenvalue weighted by Gasteiger charge is -2.07. The summed E-state index contributed by atoms with van der Waals surface area (Å²) in [5.74, 6) is -3.02. The van der Waals surface area contributed by atoms with Gasteiger partial charge in [-0.15, -0.1) is 0 Å². The summed E-state index contributed by atoms with van der Waals surface area (Å²) in [5, 5.41) is 5.38. The first-order chi connectivity index (χ1) is 11.5. The number of carbonyl (C=O) groups is 2. The molecule has 0 aliphatic rings. The minimum Gasteiger partial charge on any atom is -0.352 e. The second-order valence-corrected chi connectivity index (χ2v) is 5.86. The fourth-order valence-corrected chi connectivity index (χ4v) is 2.46. The second-order valence-electron chi connectivity index (χ2n) is 4.79. The zero-order chi connectivity index (χ0) is 17.5. The summed E-state index contributed by atoms with van der Waals surface area (Å²) in [7, 11) is 0. The Balaban J connectivity index is 2.00. The number of halogens is 2. The van der Waals surface area contributed by atoms with E-state index in [1.165, 1.54) is 24.3 Å². The van der Waals surface area contributed by atoms with Crippen LogP contribution in [0.3, 0.4) is 0 Å². The SMILES string of the molecule is CCNC(=O)c1ccc(NC(=O)c2ccc(SC(F)F)cc2)cc1. The number of rotatable bonds is 6. The third kappa shape index (κ3) is 5.06. The zero-order valence-corrected chi connectivity index (χ0v) is 13.7. The van der Waals surface area contributed by atoms with Crippen LogP contribution in [-0.4, -0.2) is 24.1 Å². The summed E-state index contributed by atoms with van der Waals surface area (Å²) in [6.07, 6.45) is 0. The van der Waals surface area contributed by atoms with Gasteiger partial charge in [0.25, 0.3) is 17.6 Å². The number of benzene rings is 2. The Bertz CT molecular complexity index is 704. The molecule has 7 heteroatoms. The highest BCUT2D eigenvalue weighted by molar-refractivity contribution is 7.99. The standard InChI is InChI=1S/C17H16F2N2O2S/c1-2-20-15(22)11-3-7-13(8-4-11)21-16(23)12-5-9-14(10-6-12)24-17(18)19/h3-10,17H,2H2,1H3,(H,20,22)(H,21,23). The Morgan fingerprint density at radius 1 is 0.958 bits per heavy atom. The summed E-state index contributed by atoms with van der Waals surface area (Å²) in [4.78, 5) is 24.2. The maximum Gasteiger partial charge on any atom is 0.288 e. The van der Waals surface area contributed by atoms with Crippen molar-refractivity contribution in [2.24, 2.45) is 0 Å². The minimum atomic E-state index is -2.49. The van der Waals surface area contributed by atoms with Gasteiger partial charge in [-0.2, -0.15) is 8.78 Å². The van der Waals surface area contributed by atoms with Crippen molar-refractivity contribution in [3.63, 3.8) is 0 Å². The number of hydrogen-bond acceptors (Lipinski definition) is 3. The fourth-order valence-electron chi connectivity index (χ4n) is 1.96. The number of hydrogen-bond donors (Lipinski definition) is 2. The van der Waals surface area contributed by atoms with Gasteiger partial charge in [-0.3, -0.25) is 9.59 Å². The molecule has 126 valence electrons. The molecule has 0 aromatic heterocycles. The number of amides is 2. The number of anilines is 1. The molecule has 2 N–H and O–H groups in total. The average Bonchev–Trinajstić information content (AvgIpc) is 2.56. The largest absolute Gasteiger partial charge is 0.352 e. The van der Waals surface area contributed by atoms with Crippen molar-refractivity contribution in [3.05, 3.63) is 59.7 Å². The van der Waals surface area contributed by atoms with Crippen molar-refractivity contribution in [1.29, 1.82) is 0 Å². The van der Waals surface area contributed by atoms with Crippen molar-refractivity contribution >= 4 is 29.3 Å². The molecule has 2 aromatic rings. The van der Waals surface area contributed by atoms with E-state index in [-0.39, 0.29) is 11.8 Å². The monoisotopic (exact) mass is 350 g/mol. The van der Waals surface area contributed by atoms with Crippen LogP contribution in [0.5, 0.6) is 0 Å². The molecule has 0 spiro atoms. The van der Waals surface area contributed by atoms with E-state index >= 15 is 0 Å². The molecule has 0 unspecified atom stereocenters. The van der Waals surface area contributed by atoms with Crippen LogP contribution in [0.2, 0.25) is 0 Å². The predicted molar refractivity (Wildman–Crippen MR) is 90.7 cm³/mol. The molecule has 0 aliphatic heterocycles. The lowest BCUT2D eigenvalue weighted by atomic mass is 10.1. The Hall–Kier alpha value is -2.41. The van der Waals surface area contributed by atoms with Gasteiger partial charge in [0, 0.05) is 28.3 Å². The number of thioether (sulfide) groups is 1. The van der Waals surface area contributed by atoms with Crippen LogP contribution in [-0.2, 0) is 0 Å². The molecule has 0 radical (unpaired) electrons. The molecule has 0 atom stereocenters. The molecule has 0 bridgehead atoms. The number of nitrogens with one attached hydrogen (secondary N) is 2. The maximum absolute atomic E-state index is 12.3. The first-order valence-electron chi connectivity index (χ1n) is 7.24. The molecule has 4 nitrogen and oxygen atoms in total. The summed E-state index contributed by atoms with van der Waals surface area (Å²) in [6, 6.07) is 12.4. The van der Waals surface area contributed by atoms with E-state index in [1.807, 2.05) is 6.92 Å². The van der Waals surface area contributed by atoms with E-state index in [9.17, 15) is 18.4 Å². The summed E-state index contributed by atoms with van der Waals surface area (Å²) >= 11 is 0.428. The average molecular weight is 350 g/mol. The van der Waals surface area contributed by atoms with E-state index in [4.69, 9.17) is 0 Å². The molecule has 0 aliphatic carbocycles. The molecule has 24 heavy (non-hydrogen) atoms. The molecule has 2 amide bonds. The molecular formula is C17H16F2N2O2S. The Morgan fingerprint density at radius 2 is 1.50 bits per heavy atom. The van der Waals surface area contributed by atoms with E-state index in [2.05, 4.69) is 10.6 Å². The van der Waals surface area contributed by atoms with Crippen LogP contribution < -0.4 is 10.6 Å². The van der Waals surface area contributed by atoms with E-state index in [0.29, 0.717) is 40.0 Å². The third-order valence-electron chi connectivity index (χ3n) is 3.08. The van der Waals surface area contributed by atoms with Crippen molar-refractivity contribution in [2.45, 2.75) is 17.6 Å². The first-order valence-corrected chi connectivity index (χ1v) is 8.12. The molecular weight excluding hydrogens is 334 g/mol. The van der Waals surface area contributed by atoms with Crippen molar-refractivity contribution in [2.75, 3.05) is 11.9 Å². The molecule has 0 fully saturated rings. The summed E-state index contributed by atoms with van der Waals surface area (Å²) in [5.41, 5.74) is 1.41. The summed E-state index contributed by atoms with van der Waals surface area (Å²) < 4.78 is 24.5. The Kier molecular flexibility index (Phi) is 6.31. The van der Waals surface area contributed by atoms with Crippen LogP contribution in [0.1, 0.15) is 27.6 Å². The number of alkyl halides is 2. The van der Waals surface area contributed by atoms with Crippen LogP contribution >= 0.6 is 11.8 Å². The van der Waals surface area contributed by atoms with Gasteiger partial charge >= 0.3 is 0 Å². The molecule has 0 saturated carbocycles. The van der Waals surface area contributed by atoms with Gasteiger partial charge in [0.05, 0.1) is 0 Å². The minimum absolute atomic E-state index is 0.178. The van der Waals surface area contributed by atoms with Crippen molar-refractivity contribution in [3.8, 4) is 0 Å². The highest BCUT2D eigenvalue weighted by Gasteiger charge is 2.09. The second kappa shape index (κ2) is 8.44. The lowest BCUT2D eigenvalue weighted by Crippen LogP contribution is -2.22. The highest BCUT2D eigenvalue weighted by Crippen LogP contribution is 2.25. The van der Waals surface area contributed by atoms with E-state index in [0.717, 1.165) is 0 Å². The zero-order valence-electron chi connectivity index (χ0n) is 12.9. The van der Waals surface area contributed by atoms with Crippen LogP contribution in [0.15, 0.2) is 53.4 Å². The van der Waals surface area contributed by atoms with Gasteiger partial charge in [0.2, 0.25) is 0 Å². The first kappa shape index (κ1) is 17.9. The van der Waals surface area contributed by atoms with Gasteiger partial charge in [-0.25, -0.2) is 0 Å². The Labute approximate surface area is 142 Å². The van der Waals surface area contributed by atoms with Gasteiger partial charge in [-0.1, -0.05) is 11.8 Å². The van der Waals surface area contributed by atoms with Gasteiger partial charge in [0.15, 0.2) is 0 Å². The van der Waals surface area contributed by atoms with Crippen LogP contribution in [0.25, 0.3) is 0 Å². The van der Waals surface area contributed by atoms with Gasteiger partial charge in [-0.05, 0) is 55.5 Å². The fraction of sp³-hybridized carbons (Fsp3) is 0.176. The van der Waals surface area contributed by atoms with E-state index in [1.54, 1.807) is 24.3 Å². The smallest absolute Gasteiger partial charge is 0.288 e. The van der Waals surface area contributed by atoms with Crippen molar-refractivity contribution in [1.82, 2.24) is 5.32 Å². The molecule has 0 heterocycles. The lowest BCUT2D eigenvalue weighted by molar-refractivity contribution is 0.0955. The van der Waals surface area contributed by atoms with Crippen LogP contribution in [0, 0.1) is 0 Å². The van der Waals surface area contributed by atoms with E-state index < -0.39 is 5.76 Å². The third-order valence-corrected chi connectivity index (χ3v) is 3.81. The normalized spacial score (nSPS) is 10.5. The molecule has 0 saturated heterocycles. The Morgan fingerprint density at radius 3 is 2.04 bits per heavy atom. The molecule has 2 aromatic carbocycles. The predicted octanol–water partition coefficient (Wildman–Crippen LogP) is 4.00. The van der Waals surface area contributed by atoms with Gasteiger partial charge in [0.1, 0.15) is 0 Å². The quantitative estimate of drug-likeness (QED) is 0.774. The summed E-state index contributed by atoms with van der Waals surface area (Å²) in [6.45, 7) is 2.37. The molecule has 2 rings (SSSR count). The van der Waals surface area contributed by atoms with Crippen LogP contribution in [0.4, 0.5) is 14.5 Å². The highest BCUT2D eigenvalue weighted by atomic mass is 32.2.